The second-order valence-electron chi connectivity index (χ2n) is 6.76. The average Bonchev–Trinajstić information content (AvgIpc) is 3.21. The summed E-state index contributed by atoms with van der Waals surface area (Å²) in [6.45, 7) is 3.42. The summed E-state index contributed by atoms with van der Waals surface area (Å²) in [4.78, 5) is 6.71. The SMILES string of the molecule is CN=C(NCCCOc1ccccc1)NC1CCN(c2ccccc2OC)C1. The maximum atomic E-state index is 5.72. The highest BCUT2D eigenvalue weighted by Gasteiger charge is 2.25. The molecule has 0 radical (unpaired) electrons. The van der Waals surface area contributed by atoms with Gasteiger partial charge in [-0.15, -0.1) is 0 Å². The summed E-state index contributed by atoms with van der Waals surface area (Å²) in [7, 11) is 3.53. The van der Waals surface area contributed by atoms with Gasteiger partial charge >= 0.3 is 0 Å². The summed E-state index contributed by atoms with van der Waals surface area (Å²) in [5, 5.41) is 6.90. The molecule has 0 aliphatic carbocycles. The smallest absolute Gasteiger partial charge is 0.191 e. The molecule has 1 aliphatic rings. The molecule has 6 nitrogen and oxygen atoms in total. The highest BCUT2D eigenvalue weighted by Crippen LogP contribution is 2.30. The van der Waals surface area contributed by atoms with E-state index >= 15 is 0 Å². The fourth-order valence-corrected chi connectivity index (χ4v) is 3.36. The van der Waals surface area contributed by atoms with Crippen LogP contribution in [0.2, 0.25) is 0 Å². The van der Waals surface area contributed by atoms with Crippen LogP contribution in [0.1, 0.15) is 12.8 Å². The third-order valence-electron chi connectivity index (χ3n) is 4.80. The minimum Gasteiger partial charge on any atom is -0.495 e. The number of nitrogens with one attached hydrogen (secondary N) is 2. The number of benzene rings is 2. The Kier molecular flexibility index (Phi) is 7.41. The Labute approximate surface area is 167 Å². The molecule has 0 amide bonds. The van der Waals surface area contributed by atoms with Gasteiger partial charge in [-0.05, 0) is 37.1 Å². The lowest BCUT2D eigenvalue weighted by Crippen LogP contribution is -2.45. The number of aliphatic imine (C=N–C) groups is 1. The standard InChI is InChI=1S/C22H30N4O2/c1-23-22(24-14-8-16-28-19-9-4-3-5-10-19)25-18-13-15-26(17-18)20-11-6-7-12-21(20)27-2/h3-7,9-12,18H,8,13-17H2,1-2H3,(H2,23,24,25). The van der Waals surface area contributed by atoms with Crippen LogP contribution in [0.3, 0.4) is 0 Å². The van der Waals surface area contributed by atoms with Gasteiger partial charge in [0.2, 0.25) is 0 Å². The first-order chi connectivity index (χ1) is 13.8. The first-order valence-corrected chi connectivity index (χ1v) is 9.83. The molecule has 0 saturated carbocycles. The number of guanidine groups is 1. The zero-order valence-electron chi connectivity index (χ0n) is 16.7. The molecular formula is C22H30N4O2. The minimum atomic E-state index is 0.358. The summed E-state index contributed by atoms with van der Waals surface area (Å²) < 4.78 is 11.2. The molecule has 1 saturated heterocycles. The minimum absolute atomic E-state index is 0.358. The Morgan fingerprint density at radius 2 is 1.93 bits per heavy atom. The van der Waals surface area contributed by atoms with E-state index in [1.807, 2.05) is 49.5 Å². The van der Waals surface area contributed by atoms with Gasteiger partial charge in [-0.2, -0.15) is 0 Å². The van der Waals surface area contributed by atoms with Crippen molar-refractivity contribution >= 4 is 11.6 Å². The topological polar surface area (TPSA) is 58.1 Å². The van der Waals surface area contributed by atoms with Crippen LogP contribution in [0.5, 0.6) is 11.5 Å². The van der Waals surface area contributed by atoms with Gasteiger partial charge in [0.1, 0.15) is 11.5 Å². The fraction of sp³-hybridized carbons (Fsp3) is 0.409. The summed E-state index contributed by atoms with van der Waals surface area (Å²) in [5.41, 5.74) is 1.15. The molecule has 1 heterocycles. The summed E-state index contributed by atoms with van der Waals surface area (Å²) in [5.74, 6) is 2.67. The van der Waals surface area contributed by atoms with Gasteiger partial charge in [-0.3, -0.25) is 4.99 Å². The summed E-state index contributed by atoms with van der Waals surface area (Å²) >= 11 is 0. The number of anilines is 1. The van der Waals surface area contributed by atoms with Gasteiger partial charge in [0.15, 0.2) is 5.96 Å². The fourth-order valence-electron chi connectivity index (χ4n) is 3.36. The van der Waals surface area contributed by atoms with E-state index in [0.29, 0.717) is 12.6 Å². The van der Waals surface area contributed by atoms with E-state index < -0.39 is 0 Å². The van der Waals surface area contributed by atoms with Gasteiger partial charge in [0.05, 0.1) is 19.4 Å². The first kappa shape index (κ1) is 19.9. The van der Waals surface area contributed by atoms with Gasteiger partial charge in [-0.1, -0.05) is 30.3 Å². The number of methoxy groups -OCH3 is 1. The van der Waals surface area contributed by atoms with Crippen molar-refractivity contribution in [3.8, 4) is 11.5 Å². The molecule has 1 unspecified atom stereocenters. The maximum Gasteiger partial charge on any atom is 0.191 e. The molecule has 0 bridgehead atoms. The van der Waals surface area contributed by atoms with E-state index in [2.05, 4.69) is 32.7 Å². The van der Waals surface area contributed by atoms with Crippen LogP contribution in [0.4, 0.5) is 5.69 Å². The highest BCUT2D eigenvalue weighted by atomic mass is 16.5. The van der Waals surface area contributed by atoms with Crippen LogP contribution in [0.25, 0.3) is 0 Å². The normalized spacial score (nSPS) is 16.7. The van der Waals surface area contributed by atoms with Crippen LogP contribution in [0.15, 0.2) is 59.6 Å². The summed E-state index contributed by atoms with van der Waals surface area (Å²) in [6.07, 6.45) is 1.98. The third kappa shape index (κ3) is 5.55. The van der Waals surface area contributed by atoms with Gasteiger partial charge in [0.25, 0.3) is 0 Å². The Hall–Kier alpha value is -2.89. The van der Waals surface area contributed by atoms with Crippen molar-refractivity contribution in [2.45, 2.75) is 18.9 Å². The number of nitrogens with zero attached hydrogens (tertiary/aromatic N) is 2. The van der Waals surface area contributed by atoms with E-state index in [-0.39, 0.29) is 0 Å². The zero-order chi connectivity index (χ0) is 19.6. The molecule has 2 aromatic carbocycles. The van der Waals surface area contributed by atoms with Gasteiger partial charge < -0.3 is 25.0 Å². The van der Waals surface area contributed by atoms with Crippen molar-refractivity contribution in [2.24, 2.45) is 4.99 Å². The number of ether oxygens (including phenoxy) is 2. The Balaban J connectivity index is 1.39. The second kappa shape index (κ2) is 10.4. The zero-order valence-corrected chi connectivity index (χ0v) is 16.7. The molecule has 3 rings (SSSR count). The number of hydrogen-bond acceptors (Lipinski definition) is 4. The Morgan fingerprint density at radius 3 is 2.71 bits per heavy atom. The molecule has 0 aromatic heterocycles. The lowest BCUT2D eigenvalue weighted by molar-refractivity contribution is 0.311. The summed E-state index contributed by atoms with van der Waals surface area (Å²) in [6, 6.07) is 18.4. The van der Waals surface area contributed by atoms with E-state index in [9.17, 15) is 0 Å². The molecule has 1 aliphatic heterocycles. The molecule has 6 heteroatoms. The number of para-hydroxylation sites is 3. The van der Waals surface area contributed by atoms with E-state index in [1.54, 1.807) is 7.11 Å². The predicted octanol–water partition coefficient (Wildman–Crippen LogP) is 2.91. The maximum absolute atomic E-state index is 5.72. The van der Waals surface area contributed by atoms with Crippen LogP contribution in [-0.4, -0.2) is 52.4 Å². The van der Waals surface area contributed by atoms with Crippen molar-refractivity contribution < 1.29 is 9.47 Å². The van der Waals surface area contributed by atoms with Crippen molar-refractivity contribution in [3.63, 3.8) is 0 Å². The third-order valence-corrected chi connectivity index (χ3v) is 4.80. The monoisotopic (exact) mass is 382 g/mol. The molecule has 1 atom stereocenters. The molecule has 2 aromatic rings. The Morgan fingerprint density at radius 1 is 1.14 bits per heavy atom. The van der Waals surface area contributed by atoms with E-state index in [1.165, 1.54) is 0 Å². The predicted molar refractivity (Wildman–Crippen MR) is 115 cm³/mol. The van der Waals surface area contributed by atoms with E-state index in [0.717, 1.165) is 55.6 Å². The van der Waals surface area contributed by atoms with Crippen molar-refractivity contribution in [1.82, 2.24) is 10.6 Å². The van der Waals surface area contributed by atoms with Crippen LogP contribution in [0, 0.1) is 0 Å². The molecule has 2 N–H and O–H groups in total. The second-order valence-corrected chi connectivity index (χ2v) is 6.76. The highest BCUT2D eigenvalue weighted by molar-refractivity contribution is 5.80. The number of hydrogen-bond donors (Lipinski definition) is 2. The van der Waals surface area contributed by atoms with Crippen LogP contribution >= 0.6 is 0 Å². The molecular weight excluding hydrogens is 352 g/mol. The number of rotatable bonds is 8. The van der Waals surface area contributed by atoms with E-state index in [4.69, 9.17) is 9.47 Å². The van der Waals surface area contributed by atoms with Gasteiger partial charge in [0, 0.05) is 32.7 Å². The lowest BCUT2D eigenvalue weighted by Gasteiger charge is -2.22. The molecule has 1 fully saturated rings. The molecule has 28 heavy (non-hydrogen) atoms. The van der Waals surface area contributed by atoms with Crippen molar-refractivity contribution in [1.29, 1.82) is 0 Å². The lowest BCUT2D eigenvalue weighted by atomic mass is 10.2. The van der Waals surface area contributed by atoms with Crippen molar-refractivity contribution in [2.75, 3.05) is 45.3 Å². The average molecular weight is 383 g/mol. The quantitative estimate of drug-likeness (QED) is 0.418. The van der Waals surface area contributed by atoms with Crippen molar-refractivity contribution in [3.05, 3.63) is 54.6 Å². The molecule has 150 valence electrons. The first-order valence-electron chi connectivity index (χ1n) is 9.83. The largest absolute Gasteiger partial charge is 0.495 e. The Bertz CT molecular complexity index is 751. The van der Waals surface area contributed by atoms with Gasteiger partial charge in [-0.25, -0.2) is 0 Å². The van der Waals surface area contributed by atoms with Crippen LogP contribution < -0.4 is 25.0 Å². The van der Waals surface area contributed by atoms with Crippen LogP contribution in [-0.2, 0) is 0 Å². The molecule has 0 spiro atoms.